The Bertz CT molecular complexity index is 1220. The summed E-state index contributed by atoms with van der Waals surface area (Å²) in [5.41, 5.74) is 4.16. The molecule has 0 spiro atoms. The van der Waals surface area contributed by atoms with Gasteiger partial charge < -0.3 is 15.5 Å². The molecular weight excluding hydrogens is 478 g/mol. The number of benzene rings is 2. The average Bonchev–Trinajstić information content (AvgIpc) is 2.91. The number of hydrogen-bond donors (Lipinski definition) is 2. The number of aryl methyl sites for hydroxylation is 2. The Hall–Kier alpha value is -4.00. The monoisotopic (exact) mass is 517 g/mol. The van der Waals surface area contributed by atoms with Crippen molar-refractivity contribution in [3.05, 3.63) is 89.1 Å². The van der Waals surface area contributed by atoms with Crippen LogP contribution in [-0.2, 0) is 14.4 Å². The third-order valence-electron chi connectivity index (χ3n) is 6.18. The van der Waals surface area contributed by atoms with Gasteiger partial charge in [0.15, 0.2) is 5.78 Å². The van der Waals surface area contributed by atoms with Crippen molar-refractivity contribution in [2.75, 3.05) is 19.6 Å². The molecule has 2 aromatic rings. The first-order valence-corrected chi connectivity index (χ1v) is 13.0. The zero-order valence-electron chi connectivity index (χ0n) is 23.1. The van der Waals surface area contributed by atoms with Gasteiger partial charge in [0.1, 0.15) is 6.54 Å². The minimum Gasteiger partial charge on any atom is -0.347 e. The summed E-state index contributed by atoms with van der Waals surface area (Å²) >= 11 is 0. The van der Waals surface area contributed by atoms with Gasteiger partial charge in [-0.15, -0.1) is 0 Å². The molecule has 0 bridgehead atoms. The van der Waals surface area contributed by atoms with E-state index in [1.807, 2.05) is 56.3 Å². The number of allylic oxidation sites excluding steroid dienone is 2. The summed E-state index contributed by atoms with van der Waals surface area (Å²) in [7, 11) is 0. The van der Waals surface area contributed by atoms with E-state index in [1.54, 1.807) is 24.0 Å². The first-order chi connectivity index (χ1) is 18.0. The van der Waals surface area contributed by atoms with Gasteiger partial charge in [-0.05, 0) is 37.5 Å². The van der Waals surface area contributed by atoms with Crippen LogP contribution in [0.3, 0.4) is 0 Å². The van der Waals surface area contributed by atoms with Crippen molar-refractivity contribution in [3.8, 4) is 0 Å². The summed E-state index contributed by atoms with van der Waals surface area (Å²) in [4.78, 5) is 51.8. The quantitative estimate of drug-likeness (QED) is 0.282. The Morgan fingerprint density at radius 2 is 1.47 bits per heavy atom. The summed E-state index contributed by atoms with van der Waals surface area (Å²) < 4.78 is 0. The van der Waals surface area contributed by atoms with Crippen LogP contribution in [-0.4, -0.2) is 47.9 Å². The largest absolute Gasteiger partial charge is 0.347 e. The highest BCUT2D eigenvalue weighted by Crippen LogP contribution is 2.28. The molecule has 38 heavy (non-hydrogen) atoms. The highest BCUT2D eigenvalue weighted by molar-refractivity contribution is 6.09. The molecule has 0 aliphatic heterocycles. The van der Waals surface area contributed by atoms with Gasteiger partial charge in [-0.3, -0.25) is 19.2 Å². The number of carbonyl (C=O) groups is 4. The van der Waals surface area contributed by atoms with Crippen LogP contribution in [0.25, 0.3) is 5.70 Å². The van der Waals surface area contributed by atoms with E-state index in [4.69, 9.17) is 0 Å². The number of carbonyl (C=O) groups excluding carboxylic acids is 4. The standard InChI is InChI=1S/C31H39N3O4/c1-7-21(3)17-28(25-13-9-11-22(4)15-25)34(24(6)31(38)26-14-10-12-23(5)16-26)20-30(37)33-19-29(36)32-18-27(35)8-2/h9-17,21H,6-8,18-20H2,1-5H3,(H,32,36)(H,33,37)/b28-17-. The molecule has 202 valence electrons. The average molecular weight is 518 g/mol. The lowest BCUT2D eigenvalue weighted by molar-refractivity contribution is -0.127. The minimum absolute atomic E-state index is 0.0751. The predicted octanol–water partition coefficient (Wildman–Crippen LogP) is 4.60. The molecule has 2 N–H and O–H groups in total. The highest BCUT2D eigenvalue weighted by Gasteiger charge is 2.25. The van der Waals surface area contributed by atoms with E-state index in [9.17, 15) is 19.2 Å². The number of hydrogen-bond acceptors (Lipinski definition) is 5. The van der Waals surface area contributed by atoms with Crippen LogP contribution in [0.4, 0.5) is 0 Å². The van der Waals surface area contributed by atoms with Gasteiger partial charge in [-0.25, -0.2) is 0 Å². The molecular formula is C31H39N3O4. The summed E-state index contributed by atoms with van der Waals surface area (Å²) in [6.45, 7) is 13.3. The number of nitrogens with one attached hydrogen (secondary N) is 2. The molecule has 7 heteroatoms. The van der Waals surface area contributed by atoms with E-state index in [-0.39, 0.29) is 42.8 Å². The maximum Gasteiger partial charge on any atom is 0.240 e. The first-order valence-electron chi connectivity index (χ1n) is 13.0. The summed E-state index contributed by atoms with van der Waals surface area (Å²) in [6, 6.07) is 15.1. The van der Waals surface area contributed by atoms with Crippen molar-refractivity contribution in [1.29, 1.82) is 0 Å². The molecule has 2 amide bonds. The van der Waals surface area contributed by atoms with Crippen molar-refractivity contribution < 1.29 is 19.2 Å². The molecule has 1 atom stereocenters. The molecule has 0 saturated heterocycles. The van der Waals surface area contributed by atoms with E-state index < -0.39 is 11.8 Å². The van der Waals surface area contributed by atoms with Crippen molar-refractivity contribution in [2.24, 2.45) is 5.92 Å². The summed E-state index contributed by atoms with van der Waals surface area (Å²) in [5.74, 6) is -1.14. The predicted molar refractivity (Wildman–Crippen MR) is 151 cm³/mol. The molecule has 0 aromatic heterocycles. The Morgan fingerprint density at radius 1 is 0.895 bits per heavy atom. The van der Waals surface area contributed by atoms with E-state index in [1.165, 1.54) is 0 Å². The molecule has 7 nitrogen and oxygen atoms in total. The minimum atomic E-state index is -0.463. The molecule has 0 radical (unpaired) electrons. The third-order valence-corrected chi connectivity index (χ3v) is 6.18. The topological polar surface area (TPSA) is 95.6 Å². The smallest absolute Gasteiger partial charge is 0.240 e. The fourth-order valence-electron chi connectivity index (χ4n) is 3.70. The Morgan fingerprint density at radius 3 is 2.05 bits per heavy atom. The molecule has 0 saturated carbocycles. The Kier molecular flexibility index (Phi) is 11.7. The van der Waals surface area contributed by atoms with Crippen LogP contribution in [0, 0.1) is 19.8 Å². The molecule has 2 rings (SSSR count). The van der Waals surface area contributed by atoms with Crippen LogP contribution in [0.5, 0.6) is 0 Å². The fraction of sp³-hybridized carbons (Fsp3) is 0.355. The normalized spacial score (nSPS) is 11.9. The number of nitrogens with zero attached hydrogens (tertiary/aromatic N) is 1. The van der Waals surface area contributed by atoms with Crippen LogP contribution >= 0.6 is 0 Å². The highest BCUT2D eigenvalue weighted by atomic mass is 16.2. The van der Waals surface area contributed by atoms with E-state index in [0.29, 0.717) is 17.7 Å². The van der Waals surface area contributed by atoms with Gasteiger partial charge in [-0.2, -0.15) is 0 Å². The van der Waals surface area contributed by atoms with Crippen molar-refractivity contribution >= 4 is 29.1 Å². The van der Waals surface area contributed by atoms with Crippen molar-refractivity contribution in [3.63, 3.8) is 0 Å². The van der Waals surface area contributed by atoms with Gasteiger partial charge in [0.2, 0.25) is 17.6 Å². The molecule has 0 fully saturated rings. The molecule has 1 unspecified atom stereocenters. The molecule has 0 aliphatic carbocycles. The number of Topliss-reactive ketones (excluding diaryl/α,β-unsaturated/α-hetero) is 2. The maximum absolute atomic E-state index is 13.5. The lowest BCUT2D eigenvalue weighted by Gasteiger charge is -2.29. The van der Waals surface area contributed by atoms with Gasteiger partial charge >= 0.3 is 0 Å². The van der Waals surface area contributed by atoms with E-state index in [0.717, 1.165) is 23.1 Å². The maximum atomic E-state index is 13.5. The number of rotatable bonds is 14. The Labute approximate surface area is 226 Å². The zero-order chi connectivity index (χ0) is 28.2. The van der Waals surface area contributed by atoms with Gasteiger partial charge in [0.25, 0.3) is 0 Å². The van der Waals surface area contributed by atoms with Crippen LogP contribution < -0.4 is 10.6 Å². The van der Waals surface area contributed by atoms with E-state index >= 15 is 0 Å². The van der Waals surface area contributed by atoms with Gasteiger partial charge in [0, 0.05) is 17.7 Å². The van der Waals surface area contributed by atoms with Gasteiger partial charge in [-0.1, -0.05) is 87.4 Å². The summed E-state index contributed by atoms with van der Waals surface area (Å²) in [5, 5.41) is 5.10. The number of amides is 2. The lowest BCUT2D eigenvalue weighted by Crippen LogP contribution is -2.43. The van der Waals surface area contributed by atoms with Crippen LogP contribution in [0.2, 0.25) is 0 Å². The second-order valence-corrected chi connectivity index (χ2v) is 9.48. The lowest BCUT2D eigenvalue weighted by atomic mass is 9.99. The van der Waals surface area contributed by atoms with Crippen molar-refractivity contribution in [1.82, 2.24) is 15.5 Å². The second-order valence-electron chi connectivity index (χ2n) is 9.48. The number of ketones is 2. The third kappa shape index (κ3) is 9.14. The second kappa shape index (κ2) is 14.7. The fourth-order valence-corrected chi connectivity index (χ4v) is 3.70. The first kappa shape index (κ1) is 30.2. The van der Waals surface area contributed by atoms with Crippen molar-refractivity contribution in [2.45, 2.75) is 47.5 Å². The Balaban J connectivity index is 2.39. The van der Waals surface area contributed by atoms with Crippen LogP contribution in [0.1, 0.15) is 60.7 Å². The summed E-state index contributed by atoms with van der Waals surface area (Å²) in [6.07, 6.45) is 3.23. The SMILES string of the molecule is C=C(C(=O)c1cccc(C)c1)N(CC(=O)NCC(=O)NCC(=O)CC)/C(=C\C(C)CC)c1cccc(C)c1. The molecule has 0 aliphatic rings. The van der Waals surface area contributed by atoms with E-state index in [2.05, 4.69) is 31.1 Å². The van der Waals surface area contributed by atoms with Crippen LogP contribution in [0.15, 0.2) is 66.9 Å². The zero-order valence-corrected chi connectivity index (χ0v) is 23.1. The molecule has 0 heterocycles. The van der Waals surface area contributed by atoms with Gasteiger partial charge in [0.05, 0.1) is 18.8 Å². The molecule has 2 aromatic carbocycles.